The van der Waals surface area contributed by atoms with Crippen LogP contribution in [0.1, 0.15) is 50.7 Å². The quantitative estimate of drug-likeness (QED) is 0.749. The first-order valence-corrected chi connectivity index (χ1v) is 9.42. The van der Waals surface area contributed by atoms with Gasteiger partial charge in [-0.3, -0.25) is 9.69 Å². The second kappa shape index (κ2) is 8.27. The molecule has 2 unspecified atom stereocenters. The summed E-state index contributed by atoms with van der Waals surface area (Å²) in [6.07, 6.45) is 5.23. The maximum absolute atomic E-state index is 12.6. The first kappa shape index (κ1) is 18.3. The summed E-state index contributed by atoms with van der Waals surface area (Å²) >= 11 is 0. The Labute approximate surface area is 149 Å². The molecule has 0 aromatic carbocycles. The third-order valence-corrected chi connectivity index (χ3v) is 5.22. The van der Waals surface area contributed by atoms with Crippen molar-refractivity contribution in [3.63, 3.8) is 0 Å². The zero-order chi connectivity index (χ0) is 17.8. The van der Waals surface area contributed by atoms with Crippen LogP contribution in [0.2, 0.25) is 0 Å². The van der Waals surface area contributed by atoms with Gasteiger partial charge in [0.25, 0.3) is 5.91 Å². The minimum absolute atomic E-state index is 0.137. The molecule has 0 radical (unpaired) electrons. The van der Waals surface area contributed by atoms with Gasteiger partial charge in [-0.15, -0.1) is 0 Å². The summed E-state index contributed by atoms with van der Waals surface area (Å²) < 4.78 is 10.8. The molecule has 1 aliphatic carbocycles. The molecule has 0 N–H and O–H groups in total. The van der Waals surface area contributed by atoms with Crippen molar-refractivity contribution in [3.8, 4) is 0 Å². The lowest BCUT2D eigenvalue weighted by Gasteiger charge is -2.27. The highest BCUT2D eigenvalue weighted by molar-refractivity contribution is 5.80. The van der Waals surface area contributed by atoms with Crippen molar-refractivity contribution >= 4 is 5.91 Å². The number of hydrogen-bond donors (Lipinski definition) is 0. The molecular weight excluding hydrogens is 320 g/mol. The van der Waals surface area contributed by atoms with Crippen LogP contribution in [-0.4, -0.2) is 64.7 Å². The summed E-state index contributed by atoms with van der Waals surface area (Å²) in [7, 11) is 2.09. The van der Waals surface area contributed by atoms with Gasteiger partial charge < -0.3 is 14.2 Å². The van der Waals surface area contributed by atoms with Gasteiger partial charge in [-0.05, 0) is 52.0 Å². The van der Waals surface area contributed by atoms with Crippen LogP contribution in [0.4, 0.5) is 0 Å². The highest BCUT2D eigenvalue weighted by Gasteiger charge is 2.28. The monoisotopic (exact) mass is 350 g/mol. The van der Waals surface area contributed by atoms with Gasteiger partial charge in [-0.2, -0.15) is 4.98 Å². The molecule has 0 bridgehead atoms. The van der Waals surface area contributed by atoms with Crippen LogP contribution in [0, 0.1) is 12.8 Å². The van der Waals surface area contributed by atoms with Crippen LogP contribution in [0.3, 0.4) is 0 Å². The van der Waals surface area contributed by atoms with Crippen LogP contribution in [0.5, 0.6) is 0 Å². The largest absolute Gasteiger partial charge is 0.368 e. The van der Waals surface area contributed by atoms with E-state index in [4.69, 9.17) is 9.26 Å². The van der Waals surface area contributed by atoms with Crippen molar-refractivity contribution in [2.45, 2.75) is 64.6 Å². The molecule has 1 saturated heterocycles. The summed E-state index contributed by atoms with van der Waals surface area (Å²) in [4.78, 5) is 21.1. The number of hydrogen-bond acceptors (Lipinski definition) is 6. The molecule has 1 aliphatic heterocycles. The molecule has 2 aliphatic rings. The lowest BCUT2D eigenvalue weighted by Crippen LogP contribution is -2.40. The smallest absolute Gasteiger partial charge is 0.251 e. The molecule has 1 saturated carbocycles. The van der Waals surface area contributed by atoms with Crippen molar-refractivity contribution < 1.29 is 14.1 Å². The second-order valence-corrected chi connectivity index (χ2v) is 7.47. The average molecular weight is 350 g/mol. The zero-order valence-electron chi connectivity index (χ0n) is 15.6. The Hall–Kier alpha value is -1.47. The maximum Gasteiger partial charge on any atom is 0.251 e. The average Bonchev–Trinajstić information content (AvgIpc) is 3.37. The molecular formula is C18H30N4O3. The van der Waals surface area contributed by atoms with E-state index < -0.39 is 0 Å². The van der Waals surface area contributed by atoms with Crippen molar-refractivity contribution in [1.29, 1.82) is 0 Å². The van der Waals surface area contributed by atoms with Gasteiger partial charge in [0.2, 0.25) is 5.89 Å². The van der Waals surface area contributed by atoms with E-state index in [9.17, 15) is 4.79 Å². The summed E-state index contributed by atoms with van der Waals surface area (Å²) in [5.74, 6) is 2.14. The van der Waals surface area contributed by atoms with E-state index in [1.807, 2.05) is 11.8 Å². The molecule has 1 aromatic heterocycles. The van der Waals surface area contributed by atoms with Crippen molar-refractivity contribution in [2.24, 2.45) is 5.92 Å². The molecule has 7 heteroatoms. The number of rotatable bonds is 7. The van der Waals surface area contributed by atoms with Crippen molar-refractivity contribution in [1.82, 2.24) is 19.9 Å². The van der Waals surface area contributed by atoms with E-state index in [0.29, 0.717) is 24.4 Å². The topological polar surface area (TPSA) is 71.7 Å². The summed E-state index contributed by atoms with van der Waals surface area (Å²) in [6, 6.07) is 0.430. The maximum atomic E-state index is 12.6. The summed E-state index contributed by atoms with van der Waals surface area (Å²) in [5.41, 5.74) is 0. The zero-order valence-corrected chi connectivity index (χ0v) is 15.6. The van der Waals surface area contributed by atoms with Crippen molar-refractivity contribution in [3.05, 3.63) is 11.7 Å². The number of aryl methyl sites for hydroxylation is 1. The van der Waals surface area contributed by atoms with E-state index in [-0.39, 0.29) is 12.0 Å². The molecule has 0 spiro atoms. The van der Waals surface area contributed by atoms with E-state index >= 15 is 0 Å². The number of aromatic nitrogens is 2. The second-order valence-electron chi connectivity index (χ2n) is 7.47. The number of carbonyl (C=O) groups excluding carboxylic acids is 1. The third-order valence-electron chi connectivity index (χ3n) is 5.22. The number of amides is 1. The molecule has 2 atom stereocenters. The highest BCUT2D eigenvalue weighted by Crippen LogP contribution is 2.29. The minimum Gasteiger partial charge on any atom is -0.368 e. The third kappa shape index (κ3) is 5.25. The van der Waals surface area contributed by atoms with Gasteiger partial charge in [0.1, 0.15) is 6.10 Å². The van der Waals surface area contributed by atoms with E-state index in [0.717, 1.165) is 44.8 Å². The van der Waals surface area contributed by atoms with Gasteiger partial charge in [0.05, 0.1) is 13.2 Å². The predicted octanol–water partition coefficient (Wildman–Crippen LogP) is 2.01. The van der Waals surface area contributed by atoms with Gasteiger partial charge in [-0.1, -0.05) is 5.16 Å². The van der Waals surface area contributed by atoms with Gasteiger partial charge >= 0.3 is 0 Å². The Bertz CT molecular complexity index is 572. The number of nitrogens with zero attached hydrogens (tertiary/aromatic N) is 4. The minimum atomic E-state index is -0.322. The van der Waals surface area contributed by atoms with Gasteiger partial charge in [-0.25, -0.2) is 0 Å². The summed E-state index contributed by atoms with van der Waals surface area (Å²) in [5, 5.41) is 3.97. The number of ether oxygens (including phenoxy) is 1. The fourth-order valence-corrected chi connectivity index (χ4v) is 3.39. The van der Waals surface area contributed by atoms with Crippen LogP contribution >= 0.6 is 0 Å². The van der Waals surface area contributed by atoms with Gasteiger partial charge in [0, 0.05) is 26.1 Å². The van der Waals surface area contributed by atoms with Crippen LogP contribution in [-0.2, 0) is 16.1 Å². The molecule has 1 aromatic rings. The Morgan fingerprint density at radius 2 is 2.16 bits per heavy atom. The Morgan fingerprint density at radius 1 is 1.36 bits per heavy atom. The Morgan fingerprint density at radius 3 is 2.84 bits per heavy atom. The molecule has 140 valence electrons. The summed E-state index contributed by atoms with van der Waals surface area (Å²) in [6.45, 7) is 6.71. The van der Waals surface area contributed by atoms with E-state index in [1.54, 1.807) is 6.92 Å². The number of carbonyl (C=O) groups is 1. The highest BCUT2D eigenvalue weighted by atomic mass is 16.5. The number of likely N-dealkylation sites (tertiary alicyclic amines) is 1. The van der Waals surface area contributed by atoms with Crippen molar-refractivity contribution in [2.75, 3.05) is 26.7 Å². The lowest BCUT2D eigenvalue weighted by molar-refractivity contribution is -0.142. The molecule has 2 fully saturated rings. The van der Waals surface area contributed by atoms with Crippen LogP contribution < -0.4 is 0 Å². The first-order chi connectivity index (χ1) is 12.0. The van der Waals surface area contributed by atoms with Gasteiger partial charge in [0.15, 0.2) is 5.82 Å². The van der Waals surface area contributed by atoms with E-state index in [1.165, 1.54) is 12.8 Å². The molecule has 7 nitrogen and oxygen atoms in total. The first-order valence-electron chi connectivity index (χ1n) is 9.42. The molecule has 1 amide bonds. The standard InChI is InChI=1S/C18H30N4O3/c1-13(24-12-15-6-7-15)18(23)22-9-4-5-16(8-10-22)21(3)11-17-19-14(2)25-20-17/h13,15-16H,4-12H2,1-3H3. The normalized spacial score (nSPS) is 22.9. The fourth-order valence-electron chi connectivity index (χ4n) is 3.39. The van der Waals surface area contributed by atoms with Crippen LogP contribution in [0.25, 0.3) is 0 Å². The molecule has 25 heavy (non-hydrogen) atoms. The lowest BCUT2D eigenvalue weighted by atomic mass is 10.1. The fraction of sp³-hybridized carbons (Fsp3) is 0.833. The van der Waals surface area contributed by atoms with E-state index in [2.05, 4.69) is 22.1 Å². The Kier molecular flexibility index (Phi) is 6.06. The van der Waals surface area contributed by atoms with Crippen LogP contribution in [0.15, 0.2) is 4.52 Å². The molecule has 2 heterocycles. The SMILES string of the molecule is Cc1nc(CN(C)C2CCCN(C(=O)C(C)OCC3CC3)CC2)no1. The Balaban J connectivity index is 1.46. The molecule has 3 rings (SSSR count). The predicted molar refractivity (Wildman–Crippen MR) is 92.9 cm³/mol.